The van der Waals surface area contributed by atoms with E-state index in [1.165, 1.54) is 4.88 Å². The van der Waals surface area contributed by atoms with Gasteiger partial charge < -0.3 is 10.1 Å². The highest BCUT2D eigenvalue weighted by Crippen LogP contribution is 2.26. The second kappa shape index (κ2) is 6.34. The molecule has 100 valence electrons. The van der Waals surface area contributed by atoms with Gasteiger partial charge in [0.25, 0.3) is 0 Å². The maximum absolute atomic E-state index is 12.1. The van der Waals surface area contributed by atoms with E-state index in [1.807, 2.05) is 6.07 Å². The van der Waals surface area contributed by atoms with Gasteiger partial charge in [-0.1, -0.05) is 19.9 Å². The van der Waals surface area contributed by atoms with Crippen molar-refractivity contribution in [3.63, 3.8) is 0 Å². The average Bonchev–Trinajstić information content (AvgIpc) is 3.01. The molecule has 0 aliphatic carbocycles. The molecule has 0 bridgehead atoms. The summed E-state index contributed by atoms with van der Waals surface area (Å²) in [6.45, 7) is 5.66. The molecule has 18 heavy (non-hydrogen) atoms. The minimum absolute atomic E-state index is 0.0413. The van der Waals surface area contributed by atoms with E-state index in [0.29, 0.717) is 19.1 Å². The first kappa shape index (κ1) is 13.6. The quantitative estimate of drug-likeness (QED) is 0.890. The standard InChI is InChI=1S/C14H21NO2S/c1-10(2)8-12(13-4-3-7-18-13)15-14(16)11-5-6-17-9-11/h3-4,7,10-12H,5-6,8-9H2,1-2H3,(H,15,16). The lowest BCUT2D eigenvalue weighted by Gasteiger charge is -2.21. The Balaban J connectivity index is 1.98. The highest BCUT2D eigenvalue weighted by molar-refractivity contribution is 7.10. The Kier molecular flexibility index (Phi) is 4.78. The number of amides is 1. The molecule has 0 aromatic carbocycles. The largest absolute Gasteiger partial charge is 0.381 e. The third-order valence-electron chi connectivity index (χ3n) is 3.21. The van der Waals surface area contributed by atoms with Gasteiger partial charge in [-0.3, -0.25) is 4.79 Å². The van der Waals surface area contributed by atoms with E-state index in [-0.39, 0.29) is 17.9 Å². The highest BCUT2D eigenvalue weighted by atomic mass is 32.1. The highest BCUT2D eigenvalue weighted by Gasteiger charge is 2.26. The fraction of sp³-hybridized carbons (Fsp3) is 0.643. The molecule has 0 radical (unpaired) electrons. The Morgan fingerprint density at radius 2 is 2.44 bits per heavy atom. The van der Waals surface area contributed by atoms with Crippen LogP contribution in [0.4, 0.5) is 0 Å². The van der Waals surface area contributed by atoms with Crippen molar-refractivity contribution in [2.75, 3.05) is 13.2 Å². The number of hydrogen-bond acceptors (Lipinski definition) is 3. The summed E-state index contributed by atoms with van der Waals surface area (Å²) in [6.07, 6.45) is 1.84. The topological polar surface area (TPSA) is 38.3 Å². The van der Waals surface area contributed by atoms with E-state index < -0.39 is 0 Å². The van der Waals surface area contributed by atoms with Crippen LogP contribution in [-0.2, 0) is 9.53 Å². The molecule has 1 N–H and O–H groups in total. The number of carbonyl (C=O) groups is 1. The Hall–Kier alpha value is -0.870. The molecule has 0 saturated carbocycles. The van der Waals surface area contributed by atoms with Gasteiger partial charge in [-0.05, 0) is 30.2 Å². The molecular weight excluding hydrogens is 246 g/mol. The molecule has 1 aromatic rings. The Bertz CT molecular complexity index is 369. The van der Waals surface area contributed by atoms with Crippen LogP contribution in [-0.4, -0.2) is 19.1 Å². The molecule has 1 fully saturated rings. The molecule has 3 nitrogen and oxygen atoms in total. The van der Waals surface area contributed by atoms with Crippen molar-refractivity contribution in [3.05, 3.63) is 22.4 Å². The lowest BCUT2D eigenvalue weighted by atomic mass is 10.0. The van der Waals surface area contributed by atoms with Gasteiger partial charge in [-0.25, -0.2) is 0 Å². The molecule has 1 saturated heterocycles. The maximum Gasteiger partial charge on any atom is 0.226 e. The molecular formula is C14H21NO2S. The van der Waals surface area contributed by atoms with Crippen LogP contribution in [0, 0.1) is 11.8 Å². The second-order valence-corrected chi connectivity index (χ2v) is 6.25. The monoisotopic (exact) mass is 267 g/mol. The zero-order valence-corrected chi connectivity index (χ0v) is 11.8. The number of hydrogen-bond donors (Lipinski definition) is 1. The zero-order valence-electron chi connectivity index (χ0n) is 11.0. The summed E-state index contributed by atoms with van der Waals surface area (Å²) in [6, 6.07) is 4.29. The van der Waals surface area contributed by atoms with Gasteiger partial charge in [0, 0.05) is 11.5 Å². The molecule has 2 heterocycles. The average molecular weight is 267 g/mol. The first-order chi connectivity index (χ1) is 8.66. The van der Waals surface area contributed by atoms with E-state index in [0.717, 1.165) is 12.8 Å². The molecule has 2 unspecified atom stereocenters. The minimum atomic E-state index is 0.0413. The Morgan fingerprint density at radius 1 is 1.61 bits per heavy atom. The molecule has 1 aliphatic heterocycles. The first-order valence-corrected chi connectivity index (χ1v) is 7.46. The van der Waals surface area contributed by atoms with Crippen molar-refractivity contribution in [2.45, 2.75) is 32.7 Å². The summed E-state index contributed by atoms with van der Waals surface area (Å²) in [5, 5.41) is 5.25. The summed E-state index contributed by atoms with van der Waals surface area (Å²) < 4.78 is 5.27. The van der Waals surface area contributed by atoms with Crippen LogP contribution >= 0.6 is 11.3 Å². The smallest absolute Gasteiger partial charge is 0.226 e. The number of ether oxygens (including phenoxy) is 1. The van der Waals surface area contributed by atoms with E-state index >= 15 is 0 Å². The van der Waals surface area contributed by atoms with Crippen molar-refractivity contribution in [3.8, 4) is 0 Å². The third-order valence-corrected chi connectivity index (χ3v) is 4.20. The third kappa shape index (κ3) is 3.56. The summed E-state index contributed by atoms with van der Waals surface area (Å²) in [5.41, 5.74) is 0. The second-order valence-electron chi connectivity index (χ2n) is 5.27. The van der Waals surface area contributed by atoms with E-state index in [2.05, 4.69) is 30.6 Å². The normalized spacial score (nSPS) is 21.2. The SMILES string of the molecule is CC(C)CC(NC(=O)C1CCOC1)c1cccs1. The van der Waals surface area contributed by atoms with Gasteiger partial charge in [0.15, 0.2) is 0 Å². The molecule has 1 aliphatic rings. The predicted molar refractivity (Wildman–Crippen MR) is 73.6 cm³/mol. The fourth-order valence-corrected chi connectivity index (χ4v) is 3.03. The van der Waals surface area contributed by atoms with Gasteiger partial charge in [0.1, 0.15) is 0 Å². The summed E-state index contributed by atoms with van der Waals surface area (Å²) in [5.74, 6) is 0.753. The Labute approximate surface area is 113 Å². The summed E-state index contributed by atoms with van der Waals surface area (Å²) >= 11 is 1.71. The van der Waals surface area contributed by atoms with Crippen LogP contribution < -0.4 is 5.32 Å². The molecule has 4 heteroatoms. The van der Waals surface area contributed by atoms with Gasteiger partial charge in [-0.2, -0.15) is 0 Å². The number of carbonyl (C=O) groups excluding carboxylic acids is 1. The van der Waals surface area contributed by atoms with Crippen LogP contribution in [0.1, 0.15) is 37.6 Å². The summed E-state index contributed by atoms with van der Waals surface area (Å²) in [4.78, 5) is 13.4. The van der Waals surface area contributed by atoms with Crippen LogP contribution in [0.15, 0.2) is 17.5 Å². The molecule has 2 rings (SSSR count). The first-order valence-electron chi connectivity index (χ1n) is 6.58. The van der Waals surface area contributed by atoms with Crippen molar-refractivity contribution in [1.29, 1.82) is 0 Å². The van der Waals surface area contributed by atoms with Gasteiger partial charge in [-0.15, -0.1) is 11.3 Å². The van der Waals surface area contributed by atoms with E-state index in [1.54, 1.807) is 11.3 Å². The van der Waals surface area contributed by atoms with E-state index in [9.17, 15) is 4.79 Å². The summed E-state index contributed by atoms with van der Waals surface area (Å²) in [7, 11) is 0. The van der Waals surface area contributed by atoms with E-state index in [4.69, 9.17) is 4.74 Å². The van der Waals surface area contributed by atoms with Crippen molar-refractivity contribution in [2.24, 2.45) is 11.8 Å². The zero-order chi connectivity index (χ0) is 13.0. The van der Waals surface area contributed by atoms with Crippen LogP contribution in [0.25, 0.3) is 0 Å². The maximum atomic E-state index is 12.1. The van der Waals surface area contributed by atoms with Crippen LogP contribution in [0.5, 0.6) is 0 Å². The van der Waals surface area contributed by atoms with Crippen LogP contribution in [0.2, 0.25) is 0 Å². The van der Waals surface area contributed by atoms with Crippen LogP contribution in [0.3, 0.4) is 0 Å². The van der Waals surface area contributed by atoms with Crippen molar-refractivity contribution in [1.82, 2.24) is 5.32 Å². The minimum Gasteiger partial charge on any atom is -0.381 e. The molecule has 0 spiro atoms. The molecule has 1 amide bonds. The Morgan fingerprint density at radius 3 is 3.00 bits per heavy atom. The van der Waals surface area contributed by atoms with Crippen molar-refractivity contribution < 1.29 is 9.53 Å². The fourth-order valence-electron chi connectivity index (χ4n) is 2.24. The number of rotatable bonds is 5. The van der Waals surface area contributed by atoms with Crippen molar-refractivity contribution >= 4 is 17.2 Å². The van der Waals surface area contributed by atoms with Gasteiger partial charge in [0.2, 0.25) is 5.91 Å². The predicted octanol–water partition coefficient (Wildman–Crippen LogP) is 2.99. The molecule has 1 aromatic heterocycles. The molecule has 2 atom stereocenters. The lowest BCUT2D eigenvalue weighted by molar-refractivity contribution is -0.125. The number of thiophene rings is 1. The van der Waals surface area contributed by atoms with Gasteiger partial charge in [0.05, 0.1) is 18.6 Å². The number of nitrogens with one attached hydrogen (secondary N) is 1. The van der Waals surface area contributed by atoms with Gasteiger partial charge >= 0.3 is 0 Å². The lowest BCUT2D eigenvalue weighted by Crippen LogP contribution is -2.34.